The van der Waals surface area contributed by atoms with E-state index in [1.54, 1.807) is 0 Å². The van der Waals surface area contributed by atoms with E-state index in [9.17, 15) is 4.79 Å². The van der Waals surface area contributed by atoms with Gasteiger partial charge in [0.05, 0.1) is 11.1 Å². The van der Waals surface area contributed by atoms with E-state index in [0.29, 0.717) is 0 Å². The topological polar surface area (TPSA) is 57.8 Å². The van der Waals surface area contributed by atoms with Crippen molar-refractivity contribution in [3.05, 3.63) is 30.2 Å². The molecule has 0 radical (unpaired) electrons. The summed E-state index contributed by atoms with van der Waals surface area (Å²) in [6, 6.07) is 4.02. The molecule has 0 saturated heterocycles. The summed E-state index contributed by atoms with van der Waals surface area (Å²) in [7, 11) is 0. The summed E-state index contributed by atoms with van der Waals surface area (Å²) in [6.07, 6.45) is 6.45. The fraction of sp³-hybridized carbons (Fsp3) is 0.579. The van der Waals surface area contributed by atoms with E-state index < -0.39 is 5.41 Å². The quantitative estimate of drug-likeness (QED) is 0.898. The second kappa shape index (κ2) is 5.08. The molecule has 23 heavy (non-hydrogen) atoms. The van der Waals surface area contributed by atoms with Gasteiger partial charge < -0.3 is 10.3 Å². The number of pyridine rings is 1. The van der Waals surface area contributed by atoms with E-state index in [1.807, 2.05) is 24.5 Å². The molecule has 1 aliphatic carbocycles. The third-order valence-corrected chi connectivity index (χ3v) is 4.54. The van der Waals surface area contributed by atoms with Crippen molar-refractivity contribution in [1.82, 2.24) is 15.3 Å². The zero-order valence-corrected chi connectivity index (χ0v) is 14.8. The van der Waals surface area contributed by atoms with Crippen molar-refractivity contribution in [1.29, 1.82) is 0 Å². The molecule has 1 fully saturated rings. The Morgan fingerprint density at radius 2 is 2.00 bits per heavy atom. The zero-order chi connectivity index (χ0) is 16.9. The average molecular weight is 313 g/mol. The van der Waals surface area contributed by atoms with Gasteiger partial charge in [-0.15, -0.1) is 0 Å². The predicted octanol–water partition coefficient (Wildman–Crippen LogP) is 3.93. The van der Waals surface area contributed by atoms with E-state index >= 15 is 0 Å². The van der Waals surface area contributed by atoms with Gasteiger partial charge in [0, 0.05) is 28.8 Å². The lowest BCUT2D eigenvalue weighted by molar-refractivity contribution is -0.125. The van der Waals surface area contributed by atoms with Crippen LogP contribution >= 0.6 is 0 Å². The van der Waals surface area contributed by atoms with Crippen LogP contribution in [0.3, 0.4) is 0 Å². The summed E-state index contributed by atoms with van der Waals surface area (Å²) in [5.41, 5.74) is 1.45. The fourth-order valence-electron chi connectivity index (χ4n) is 3.73. The van der Waals surface area contributed by atoms with Crippen LogP contribution in [0.5, 0.6) is 0 Å². The molecule has 2 heterocycles. The van der Waals surface area contributed by atoms with Crippen molar-refractivity contribution >= 4 is 16.8 Å². The number of hydrogen-bond donors (Lipinski definition) is 2. The summed E-state index contributed by atoms with van der Waals surface area (Å²) in [5, 5.41) is 4.35. The number of nitrogens with one attached hydrogen (secondary N) is 2. The molecule has 1 aliphatic rings. The fourth-order valence-corrected chi connectivity index (χ4v) is 3.73. The molecule has 1 amide bonds. The zero-order valence-electron chi connectivity index (χ0n) is 14.8. The van der Waals surface area contributed by atoms with Gasteiger partial charge in [-0.05, 0) is 50.7 Å². The Hall–Kier alpha value is -1.84. The number of carbonyl (C=O) groups excluding carboxylic acids is 1. The van der Waals surface area contributed by atoms with Crippen LogP contribution in [0.25, 0.3) is 10.9 Å². The number of rotatable bonds is 4. The van der Waals surface area contributed by atoms with Crippen LogP contribution in [0.15, 0.2) is 24.5 Å². The highest BCUT2D eigenvalue weighted by Crippen LogP contribution is 2.48. The van der Waals surface area contributed by atoms with Crippen molar-refractivity contribution in [2.75, 3.05) is 0 Å². The maximum absolute atomic E-state index is 12.9. The molecule has 2 N–H and O–H groups in total. The first-order valence-electron chi connectivity index (χ1n) is 8.38. The van der Waals surface area contributed by atoms with Crippen LogP contribution in [0.4, 0.5) is 0 Å². The van der Waals surface area contributed by atoms with E-state index in [4.69, 9.17) is 0 Å². The van der Waals surface area contributed by atoms with Crippen LogP contribution in [0.2, 0.25) is 0 Å². The number of nitrogens with zero attached hydrogens (tertiary/aromatic N) is 1. The molecule has 1 saturated carbocycles. The molecule has 0 bridgehead atoms. The average Bonchev–Trinajstić information content (AvgIpc) is 3.07. The summed E-state index contributed by atoms with van der Waals surface area (Å²) in [6.45, 7) is 10.8. The monoisotopic (exact) mass is 313 g/mol. The minimum atomic E-state index is -0.436. The Morgan fingerprint density at radius 3 is 2.61 bits per heavy atom. The molecule has 2 aromatic rings. The van der Waals surface area contributed by atoms with Gasteiger partial charge in [0.1, 0.15) is 0 Å². The molecule has 0 unspecified atom stereocenters. The van der Waals surface area contributed by atoms with Gasteiger partial charge in [0.15, 0.2) is 0 Å². The number of carbonyl (C=O) groups is 1. The minimum absolute atomic E-state index is 0.116. The largest absolute Gasteiger partial charge is 0.361 e. The SMILES string of the molecule is CC(C)(C)CC(C)(C)NC(=O)C1(c2cc3[nH]ccc3cn2)CC1. The van der Waals surface area contributed by atoms with Crippen molar-refractivity contribution in [2.45, 2.75) is 64.8 Å². The Labute approximate surface area is 138 Å². The molecule has 0 aromatic carbocycles. The first kappa shape index (κ1) is 16.0. The lowest BCUT2D eigenvalue weighted by Gasteiger charge is -2.34. The second-order valence-corrected chi connectivity index (χ2v) is 8.79. The molecule has 3 rings (SSSR count). The summed E-state index contributed by atoms with van der Waals surface area (Å²) in [4.78, 5) is 20.7. The summed E-state index contributed by atoms with van der Waals surface area (Å²) in [5.74, 6) is 0.116. The number of fused-ring (bicyclic) bond motifs is 1. The van der Waals surface area contributed by atoms with Gasteiger partial charge in [-0.3, -0.25) is 9.78 Å². The van der Waals surface area contributed by atoms with Crippen molar-refractivity contribution < 1.29 is 4.79 Å². The van der Waals surface area contributed by atoms with Crippen molar-refractivity contribution in [3.8, 4) is 0 Å². The van der Waals surface area contributed by atoms with Crippen molar-refractivity contribution in [2.24, 2.45) is 5.41 Å². The maximum atomic E-state index is 12.9. The van der Waals surface area contributed by atoms with Crippen LogP contribution in [-0.2, 0) is 10.2 Å². The molecule has 2 aromatic heterocycles. The van der Waals surface area contributed by atoms with E-state index in [2.05, 4.69) is 49.9 Å². The normalized spacial score (nSPS) is 17.3. The van der Waals surface area contributed by atoms with Crippen LogP contribution in [0.1, 0.15) is 59.6 Å². The third-order valence-electron chi connectivity index (χ3n) is 4.54. The molecule has 4 heteroatoms. The Morgan fingerprint density at radius 1 is 1.30 bits per heavy atom. The molecular weight excluding hydrogens is 286 g/mol. The van der Waals surface area contributed by atoms with Gasteiger partial charge in [-0.2, -0.15) is 0 Å². The predicted molar refractivity (Wildman–Crippen MR) is 93.3 cm³/mol. The number of H-pyrrole nitrogens is 1. The molecule has 0 spiro atoms. The lowest BCUT2D eigenvalue weighted by Crippen LogP contribution is -2.49. The highest BCUT2D eigenvalue weighted by Gasteiger charge is 2.53. The number of aromatic amines is 1. The Bertz CT molecular complexity index is 732. The highest BCUT2D eigenvalue weighted by atomic mass is 16.2. The first-order valence-corrected chi connectivity index (χ1v) is 8.38. The minimum Gasteiger partial charge on any atom is -0.361 e. The van der Waals surface area contributed by atoms with Crippen molar-refractivity contribution in [3.63, 3.8) is 0 Å². The summed E-state index contributed by atoms with van der Waals surface area (Å²) < 4.78 is 0. The van der Waals surface area contributed by atoms with E-state index in [0.717, 1.165) is 35.9 Å². The highest BCUT2D eigenvalue weighted by molar-refractivity contribution is 5.92. The molecule has 124 valence electrons. The smallest absolute Gasteiger partial charge is 0.232 e. The van der Waals surface area contributed by atoms with E-state index in [-0.39, 0.29) is 16.9 Å². The second-order valence-electron chi connectivity index (χ2n) is 8.79. The van der Waals surface area contributed by atoms with Gasteiger partial charge >= 0.3 is 0 Å². The number of hydrogen-bond acceptors (Lipinski definition) is 2. The van der Waals surface area contributed by atoms with Crippen LogP contribution in [0, 0.1) is 5.41 Å². The van der Waals surface area contributed by atoms with Gasteiger partial charge in [0.25, 0.3) is 0 Å². The number of aromatic nitrogens is 2. The maximum Gasteiger partial charge on any atom is 0.232 e. The summed E-state index contributed by atoms with van der Waals surface area (Å²) >= 11 is 0. The lowest BCUT2D eigenvalue weighted by atomic mass is 9.81. The molecule has 0 atom stereocenters. The Kier molecular flexibility index (Phi) is 3.54. The molecule has 0 aliphatic heterocycles. The standard InChI is InChI=1S/C19H27N3O/c1-17(2,3)12-18(4,5)22-16(23)19(7-8-19)15-10-14-13(11-21-15)6-9-20-14/h6,9-11,20H,7-8,12H2,1-5H3,(H,22,23). The molecular formula is C19H27N3O. The van der Waals surface area contributed by atoms with Gasteiger partial charge in [-0.1, -0.05) is 20.8 Å². The molecule has 4 nitrogen and oxygen atoms in total. The number of amides is 1. The Balaban J connectivity index is 1.81. The van der Waals surface area contributed by atoms with Gasteiger partial charge in [-0.25, -0.2) is 0 Å². The van der Waals surface area contributed by atoms with Crippen LogP contribution < -0.4 is 5.32 Å². The van der Waals surface area contributed by atoms with E-state index in [1.165, 1.54) is 0 Å². The van der Waals surface area contributed by atoms with Crippen LogP contribution in [-0.4, -0.2) is 21.4 Å². The third kappa shape index (κ3) is 3.26. The first-order chi connectivity index (χ1) is 10.6. The van der Waals surface area contributed by atoms with Gasteiger partial charge in [0.2, 0.25) is 5.91 Å².